The van der Waals surface area contributed by atoms with Crippen LogP contribution in [-0.2, 0) is 9.59 Å². The van der Waals surface area contributed by atoms with Crippen molar-refractivity contribution in [1.29, 1.82) is 0 Å². The molecule has 27 heavy (non-hydrogen) atoms. The van der Waals surface area contributed by atoms with E-state index in [1.807, 2.05) is 24.3 Å². The van der Waals surface area contributed by atoms with Gasteiger partial charge in [0.25, 0.3) is 0 Å². The summed E-state index contributed by atoms with van der Waals surface area (Å²) in [5.41, 5.74) is 6.05. The molecule has 1 unspecified atom stereocenters. The number of nitrogens with two attached hydrogens (primary N) is 1. The second-order valence-corrected chi connectivity index (χ2v) is 7.58. The van der Waals surface area contributed by atoms with Crippen LogP contribution in [0, 0.1) is 0 Å². The number of hydrogen-bond donors (Lipinski definition) is 1. The van der Waals surface area contributed by atoms with Gasteiger partial charge < -0.3 is 15.4 Å². The molecule has 1 aliphatic rings. The molecule has 0 bridgehead atoms. The summed E-state index contributed by atoms with van der Waals surface area (Å²) in [6.45, 7) is 1.51. The highest BCUT2D eigenvalue weighted by molar-refractivity contribution is 7.10. The van der Waals surface area contributed by atoms with Gasteiger partial charge in [-0.05, 0) is 55.1 Å². The first kappa shape index (κ1) is 19.4. The van der Waals surface area contributed by atoms with Gasteiger partial charge >= 0.3 is 0 Å². The number of rotatable bonds is 8. The van der Waals surface area contributed by atoms with Crippen LogP contribution in [-0.4, -0.2) is 43.5 Å². The van der Waals surface area contributed by atoms with E-state index in [0.717, 1.165) is 30.8 Å². The van der Waals surface area contributed by atoms with E-state index in [1.165, 1.54) is 4.88 Å². The Morgan fingerprint density at radius 3 is 2.70 bits per heavy atom. The minimum Gasteiger partial charge on any atom is -0.497 e. The standard InChI is InChI=1S/C20H25N3O3S/c1-26-16-8-6-15(7-9-16)23(12-10-19(21)24)20(25)14-22-11-2-4-17(22)18-5-3-13-27-18/h3,5-9,13,17H,2,4,10-12,14H2,1H3,(H2,21,24). The van der Waals surface area contributed by atoms with Gasteiger partial charge in [-0.15, -0.1) is 11.3 Å². The maximum Gasteiger partial charge on any atom is 0.241 e. The maximum atomic E-state index is 13.1. The number of hydrogen-bond acceptors (Lipinski definition) is 5. The van der Waals surface area contributed by atoms with Gasteiger partial charge in [0.05, 0.1) is 13.7 Å². The molecule has 2 aromatic rings. The van der Waals surface area contributed by atoms with Crippen LogP contribution in [0.3, 0.4) is 0 Å². The lowest BCUT2D eigenvalue weighted by Crippen LogP contribution is -2.41. The third-order valence-corrected chi connectivity index (χ3v) is 5.81. The maximum absolute atomic E-state index is 13.1. The van der Waals surface area contributed by atoms with E-state index >= 15 is 0 Å². The molecule has 1 fully saturated rings. The third kappa shape index (κ3) is 4.87. The summed E-state index contributed by atoms with van der Waals surface area (Å²) < 4.78 is 5.19. The molecule has 144 valence electrons. The molecular formula is C20H25N3O3S. The van der Waals surface area contributed by atoms with Crippen molar-refractivity contribution in [1.82, 2.24) is 4.90 Å². The van der Waals surface area contributed by atoms with E-state index in [0.29, 0.717) is 12.6 Å². The van der Waals surface area contributed by atoms with E-state index in [2.05, 4.69) is 22.4 Å². The summed E-state index contributed by atoms with van der Waals surface area (Å²) in [6, 6.07) is 11.8. The van der Waals surface area contributed by atoms with E-state index in [4.69, 9.17) is 10.5 Å². The quantitative estimate of drug-likeness (QED) is 0.756. The van der Waals surface area contributed by atoms with Crippen LogP contribution in [0.2, 0.25) is 0 Å². The average molecular weight is 388 g/mol. The molecule has 2 amide bonds. The molecular weight excluding hydrogens is 362 g/mol. The molecule has 2 N–H and O–H groups in total. The predicted molar refractivity (Wildman–Crippen MR) is 107 cm³/mol. The average Bonchev–Trinajstić information content (AvgIpc) is 3.33. The Morgan fingerprint density at radius 2 is 2.07 bits per heavy atom. The Bertz CT molecular complexity index is 761. The predicted octanol–water partition coefficient (Wildman–Crippen LogP) is 2.80. The Morgan fingerprint density at radius 1 is 1.30 bits per heavy atom. The highest BCUT2D eigenvalue weighted by atomic mass is 32.1. The molecule has 0 radical (unpaired) electrons. The summed E-state index contributed by atoms with van der Waals surface area (Å²) in [5, 5.41) is 2.07. The van der Waals surface area contributed by atoms with Gasteiger partial charge in [0.1, 0.15) is 5.75 Å². The third-order valence-electron chi connectivity index (χ3n) is 4.84. The first-order valence-corrected chi connectivity index (χ1v) is 9.96. The van der Waals surface area contributed by atoms with Crippen LogP contribution in [0.25, 0.3) is 0 Å². The van der Waals surface area contributed by atoms with Crippen molar-refractivity contribution in [3.8, 4) is 5.75 Å². The van der Waals surface area contributed by atoms with Gasteiger partial charge in [-0.1, -0.05) is 6.07 Å². The summed E-state index contributed by atoms with van der Waals surface area (Å²) in [4.78, 5) is 29.5. The van der Waals surface area contributed by atoms with Gasteiger partial charge in [-0.25, -0.2) is 0 Å². The van der Waals surface area contributed by atoms with Gasteiger partial charge in [0, 0.05) is 29.6 Å². The number of nitrogens with zero attached hydrogens (tertiary/aromatic N) is 2. The zero-order chi connectivity index (χ0) is 19.2. The summed E-state index contributed by atoms with van der Waals surface area (Å²) in [5.74, 6) is 0.280. The van der Waals surface area contributed by atoms with Crippen LogP contribution >= 0.6 is 11.3 Å². The van der Waals surface area contributed by atoms with Crippen LogP contribution in [0.4, 0.5) is 5.69 Å². The molecule has 1 saturated heterocycles. The normalized spacial score (nSPS) is 17.0. The molecule has 1 aromatic carbocycles. The second kappa shape index (κ2) is 9.01. The van der Waals surface area contributed by atoms with Crippen molar-refractivity contribution in [2.24, 2.45) is 5.73 Å². The van der Waals surface area contributed by atoms with E-state index in [1.54, 1.807) is 23.3 Å². The fraction of sp³-hybridized carbons (Fsp3) is 0.400. The lowest BCUT2D eigenvalue weighted by atomic mass is 10.2. The summed E-state index contributed by atoms with van der Waals surface area (Å²) in [7, 11) is 1.60. The molecule has 1 atom stereocenters. The molecule has 0 aliphatic carbocycles. The summed E-state index contributed by atoms with van der Waals surface area (Å²) >= 11 is 1.73. The summed E-state index contributed by atoms with van der Waals surface area (Å²) in [6.07, 6.45) is 2.28. The highest BCUT2D eigenvalue weighted by Gasteiger charge is 2.30. The van der Waals surface area contributed by atoms with Crippen molar-refractivity contribution in [3.63, 3.8) is 0 Å². The van der Waals surface area contributed by atoms with Gasteiger partial charge in [0.15, 0.2) is 0 Å². The monoisotopic (exact) mass is 387 g/mol. The fourth-order valence-corrected chi connectivity index (χ4v) is 4.35. The van der Waals surface area contributed by atoms with Gasteiger partial charge in [-0.3, -0.25) is 14.5 Å². The molecule has 3 rings (SSSR count). The minimum atomic E-state index is -0.418. The van der Waals surface area contributed by atoms with Crippen molar-refractivity contribution >= 4 is 28.8 Å². The van der Waals surface area contributed by atoms with Gasteiger partial charge in [0.2, 0.25) is 11.8 Å². The number of ether oxygens (including phenoxy) is 1. The van der Waals surface area contributed by atoms with Crippen molar-refractivity contribution in [2.45, 2.75) is 25.3 Å². The number of thiophene rings is 1. The van der Waals surface area contributed by atoms with Crippen LogP contribution < -0.4 is 15.4 Å². The molecule has 0 saturated carbocycles. The lowest BCUT2D eigenvalue weighted by molar-refractivity contribution is -0.120. The largest absolute Gasteiger partial charge is 0.497 e. The smallest absolute Gasteiger partial charge is 0.241 e. The second-order valence-electron chi connectivity index (χ2n) is 6.60. The van der Waals surface area contributed by atoms with Crippen molar-refractivity contribution in [2.75, 3.05) is 31.6 Å². The SMILES string of the molecule is COc1ccc(N(CCC(N)=O)C(=O)CN2CCCC2c2cccs2)cc1. The Kier molecular flexibility index (Phi) is 6.47. The van der Waals surface area contributed by atoms with Gasteiger partial charge in [-0.2, -0.15) is 0 Å². The Labute approximate surface area is 163 Å². The fourth-order valence-electron chi connectivity index (χ4n) is 3.46. The highest BCUT2D eigenvalue weighted by Crippen LogP contribution is 2.34. The number of benzene rings is 1. The molecule has 6 nitrogen and oxygen atoms in total. The first-order valence-electron chi connectivity index (χ1n) is 9.08. The zero-order valence-electron chi connectivity index (χ0n) is 15.5. The molecule has 0 spiro atoms. The Balaban J connectivity index is 1.74. The van der Waals surface area contributed by atoms with Crippen molar-refractivity contribution < 1.29 is 14.3 Å². The zero-order valence-corrected chi connectivity index (χ0v) is 16.3. The number of carbonyl (C=O) groups excluding carboxylic acids is 2. The number of amides is 2. The number of likely N-dealkylation sites (tertiary alicyclic amines) is 1. The first-order chi connectivity index (χ1) is 13.1. The molecule has 1 aromatic heterocycles. The number of carbonyl (C=O) groups is 2. The Hall–Kier alpha value is -2.38. The topological polar surface area (TPSA) is 75.9 Å². The van der Waals surface area contributed by atoms with E-state index in [-0.39, 0.29) is 18.9 Å². The molecule has 1 aliphatic heterocycles. The minimum absolute atomic E-state index is 0.0233. The lowest BCUT2D eigenvalue weighted by Gasteiger charge is -2.28. The van der Waals surface area contributed by atoms with Crippen LogP contribution in [0.15, 0.2) is 41.8 Å². The molecule has 2 heterocycles. The number of methoxy groups -OCH3 is 1. The van der Waals surface area contributed by atoms with E-state index in [9.17, 15) is 9.59 Å². The number of anilines is 1. The number of primary amides is 1. The van der Waals surface area contributed by atoms with Crippen LogP contribution in [0.5, 0.6) is 5.75 Å². The van der Waals surface area contributed by atoms with E-state index < -0.39 is 5.91 Å². The van der Waals surface area contributed by atoms with Crippen LogP contribution in [0.1, 0.15) is 30.2 Å². The van der Waals surface area contributed by atoms with Crippen molar-refractivity contribution in [3.05, 3.63) is 46.7 Å². The molecule has 7 heteroatoms.